The third-order valence-electron chi connectivity index (χ3n) is 2.17. The summed E-state index contributed by atoms with van der Waals surface area (Å²) in [5.41, 5.74) is 0.118. The van der Waals surface area contributed by atoms with Crippen molar-refractivity contribution in [2.24, 2.45) is 0 Å². The third kappa shape index (κ3) is 3.80. The van der Waals surface area contributed by atoms with Gasteiger partial charge in [0.25, 0.3) is 0 Å². The van der Waals surface area contributed by atoms with E-state index in [9.17, 15) is 9.59 Å². The molecule has 2 rings (SSSR count). The Labute approximate surface area is 117 Å². The van der Waals surface area contributed by atoms with Crippen molar-refractivity contribution < 1.29 is 14.7 Å². The normalized spacial score (nSPS) is 10.1. The van der Waals surface area contributed by atoms with Gasteiger partial charge in [0.15, 0.2) is 0 Å². The average molecular weight is 294 g/mol. The highest BCUT2D eigenvalue weighted by Gasteiger charge is 2.13. The molecule has 0 spiro atoms. The van der Waals surface area contributed by atoms with Crippen LogP contribution in [-0.4, -0.2) is 27.7 Å². The highest BCUT2D eigenvalue weighted by molar-refractivity contribution is 8.00. The van der Waals surface area contributed by atoms with Gasteiger partial charge in [-0.25, -0.2) is 4.79 Å². The summed E-state index contributed by atoms with van der Waals surface area (Å²) in [5.74, 6) is -1.05. The van der Waals surface area contributed by atoms with E-state index in [1.807, 2.05) is 12.1 Å². The summed E-state index contributed by atoms with van der Waals surface area (Å²) in [6.45, 7) is 0. The summed E-state index contributed by atoms with van der Waals surface area (Å²) in [6, 6.07) is 5.09. The van der Waals surface area contributed by atoms with Gasteiger partial charge in [-0.15, -0.1) is 23.1 Å². The maximum absolute atomic E-state index is 11.7. The van der Waals surface area contributed by atoms with Gasteiger partial charge in [-0.3, -0.25) is 9.78 Å². The second-order valence-corrected chi connectivity index (χ2v) is 5.45. The van der Waals surface area contributed by atoms with Crippen LogP contribution in [0.4, 0.5) is 5.00 Å². The number of carbonyl (C=O) groups is 2. The van der Waals surface area contributed by atoms with Crippen molar-refractivity contribution in [1.82, 2.24) is 4.98 Å². The monoisotopic (exact) mass is 294 g/mol. The van der Waals surface area contributed by atoms with E-state index in [2.05, 4.69) is 10.3 Å². The van der Waals surface area contributed by atoms with Gasteiger partial charge in [0, 0.05) is 17.3 Å². The lowest BCUT2D eigenvalue weighted by Crippen LogP contribution is -2.15. The number of rotatable bonds is 5. The summed E-state index contributed by atoms with van der Waals surface area (Å²) in [6.07, 6.45) is 3.31. The van der Waals surface area contributed by atoms with E-state index in [-0.39, 0.29) is 17.2 Å². The molecule has 1 amide bonds. The van der Waals surface area contributed by atoms with Gasteiger partial charge in [-0.2, -0.15) is 0 Å². The first-order valence-corrected chi connectivity index (χ1v) is 7.17. The number of hydrogen-bond acceptors (Lipinski definition) is 5. The predicted molar refractivity (Wildman–Crippen MR) is 74.9 cm³/mol. The van der Waals surface area contributed by atoms with Crippen LogP contribution < -0.4 is 5.32 Å². The van der Waals surface area contributed by atoms with Crippen molar-refractivity contribution in [3.63, 3.8) is 0 Å². The molecule has 2 aromatic rings. The van der Waals surface area contributed by atoms with Crippen molar-refractivity contribution in [3.05, 3.63) is 41.5 Å². The molecule has 98 valence electrons. The molecule has 0 atom stereocenters. The number of nitrogens with zero attached hydrogens (tertiary/aromatic N) is 1. The molecule has 0 aliphatic carbocycles. The van der Waals surface area contributed by atoms with Crippen LogP contribution in [0, 0.1) is 0 Å². The number of aromatic nitrogens is 1. The zero-order valence-corrected chi connectivity index (χ0v) is 11.3. The number of nitrogens with one attached hydrogen (secondary N) is 1. The second kappa shape index (κ2) is 6.35. The summed E-state index contributed by atoms with van der Waals surface area (Å²) in [7, 11) is 0. The van der Waals surface area contributed by atoms with E-state index in [4.69, 9.17) is 5.11 Å². The largest absolute Gasteiger partial charge is 0.478 e. The van der Waals surface area contributed by atoms with Gasteiger partial charge < -0.3 is 10.4 Å². The predicted octanol–water partition coefficient (Wildman–Crippen LogP) is 2.57. The van der Waals surface area contributed by atoms with Crippen LogP contribution in [-0.2, 0) is 4.79 Å². The number of aromatic carboxylic acids is 1. The van der Waals surface area contributed by atoms with E-state index in [0.29, 0.717) is 5.00 Å². The van der Waals surface area contributed by atoms with E-state index in [0.717, 1.165) is 4.90 Å². The fourth-order valence-corrected chi connectivity index (χ4v) is 2.80. The molecule has 0 aromatic carbocycles. The Hall–Kier alpha value is -1.86. The molecule has 0 radical (unpaired) electrons. The molecular formula is C12H10N2O3S2. The summed E-state index contributed by atoms with van der Waals surface area (Å²) in [5, 5.41) is 13.5. The first-order valence-electron chi connectivity index (χ1n) is 5.30. The van der Waals surface area contributed by atoms with Gasteiger partial charge >= 0.3 is 5.97 Å². The molecule has 0 saturated heterocycles. The first kappa shape index (κ1) is 13.6. The van der Waals surface area contributed by atoms with E-state index < -0.39 is 5.97 Å². The standard InChI is InChI=1S/C12H10N2O3S2/c15-10(7-19-8-1-4-13-5-2-8)14-11-9(12(16)17)3-6-18-11/h1-6H,7H2,(H,14,15)(H,16,17). The lowest BCUT2D eigenvalue weighted by Gasteiger charge is -2.04. The van der Waals surface area contributed by atoms with Crippen LogP contribution in [0.5, 0.6) is 0 Å². The van der Waals surface area contributed by atoms with E-state index in [1.54, 1.807) is 17.8 Å². The zero-order valence-electron chi connectivity index (χ0n) is 9.70. The number of anilines is 1. The minimum Gasteiger partial charge on any atom is -0.478 e. The third-order valence-corrected chi connectivity index (χ3v) is 4.01. The molecule has 5 nitrogen and oxygen atoms in total. The van der Waals surface area contributed by atoms with Crippen molar-refractivity contribution >= 4 is 40.0 Å². The molecule has 19 heavy (non-hydrogen) atoms. The molecule has 7 heteroatoms. The maximum Gasteiger partial charge on any atom is 0.338 e. The Balaban J connectivity index is 1.91. The van der Waals surface area contributed by atoms with Crippen LogP contribution in [0.25, 0.3) is 0 Å². The van der Waals surface area contributed by atoms with Gasteiger partial charge in [-0.1, -0.05) is 0 Å². The molecular weight excluding hydrogens is 284 g/mol. The first-order chi connectivity index (χ1) is 9.16. The second-order valence-electron chi connectivity index (χ2n) is 3.49. The van der Waals surface area contributed by atoms with Crippen LogP contribution in [0.1, 0.15) is 10.4 Å². The van der Waals surface area contributed by atoms with Crippen LogP contribution in [0.3, 0.4) is 0 Å². The Morgan fingerprint density at radius 1 is 1.32 bits per heavy atom. The minimum atomic E-state index is -1.04. The van der Waals surface area contributed by atoms with Crippen molar-refractivity contribution in [3.8, 4) is 0 Å². The Morgan fingerprint density at radius 3 is 2.74 bits per heavy atom. The summed E-state index contributed by atoms with van der Waals surface area (Å²) >= 11 is 2.57. The van der Waals surface area contributed by atoms with Crippen molar-refractivity contribution in [1.29, 1.82) is 0 Å². The van der Waals surface area contributed by atoms with Crippen LogP contribution >= 0.6 is 23.1 Å². The van der Waals surface area contributed by atoms with Crippen molar-refractivity contribution in [2.75, 3.05) is 11.1 Å². The van der Waals surface area contributed by atoms with Gasteiger partial charge in [0.1, 0.15) is 5.00 Å². The smallest absolute Gasteiger partial charge is 0.338 e. The molecule has 2 aromatic heterocycles. The minimum absolute atomic E-state index is 0.118. The maximum atomic E-state index is 11.7. The number of thioether (sulfide) groups is 1. The molecule has 0 aliphatic heterocycles. The van der Waals surface area contributed by atoms with E-state index >= 15 is 0 Å². The lowest BCUT2D eigenvalue weighted by molar-refractivity contribution is -0.113. The average Bonchev–Trinajstić information content (AvgIpc) is 2.86. The number of carboxylic acid groups (broad SMARTS) is 1. The number of amides is 1. The lowest BCUT2D eigenvalue weighted by atomic mass is 10.3. The number of thiophene rings is 1. The Bertz CT molecular complexity index is 584. The summed E-state index contributed by atoms with van der Waals surface area (Å²) in [4.78, 5) is 27.4. The molecule has 0 unspecified atom stereocenters. The topological polar surface area (TPSA) is 79.3 Å². The van der Waals surface area contributed by atoms with Crippen molar-refractivity contribution in [2.45, 2.75) is 4.90 Å². The van der Waals surface area contributed by atoms with Gasteiger partial charge in [0.05, 0.1) is 11.3 Å². The molecule has 0 bridgehead atoms. The highest BCUT2D eigenvalue weighted by atomic mass is 32.2. The molecule has 2 N–H and O–H groups in total. The molecule has 0 fully saturated rings. The molecule has 0 aliphatic rings. The molecule has 0 saturated carbocycles. The molecule has 2 heterocycles. The zero-order chi connectivity index (χ0) is 13.7. The fourth-order valence-electron chi connectivity index (χ4n) is 1.32. The van der Waals surface area contributed by atoms with Gasteiger partial charge in [-0.05, 0) is 23.6 Å². The number of carboxylic acids is 1. The quantitative estimate of drug-likeness (QED) is 0.829. The van der Waals surface area contributed by atoms with Gasteiger partial charge in [0.2, 0.25) is 5.91 Å². The number of hydrogen-bond donors (Lipinski definition) is 2. The fraction of sp³-hybridized carbons (Fsp3) is 0.0833. The SMILES string of the molecule is O=C(CSc1ccncc1)Nc1sccc1C(=O)O. The highest BCUT2D eigenvalue weighted by Crippen LogP contribution is 2.24. The Kier molecular flexibility index (Phi) is 4.53. The van der Waals surface area contributed by atoms with E-state index in [1.165, 1.54) is 29.2 Å². The summed E-state index contributed by atoms with van der Waals surface area (Å²) < 4.78 is 0. The number of carbonyl (C=O) groups excluding carboxylic acids is 1. The van der Waals surface area contributed by atoms with Crippen LogP contribution in [0.2, 0.25) is 0 Å². The Morgan fingerprint density at radius 2 is 2.05 bits per heavy atom. The number of pyridine rings is 1. The van der Waals surface area contributed by atoms with Crippen LogP contribution in [0.15, 0.2) is 40.9 Å².